The van der Waals surface area contributed by atoms with Crippen LogP contribution in [-0.2, 0) is 0 Å². The second-order valence-electron chi connectivity index (χ2n) is 15.8. The van der Waals surface area contributed by atoms with E-state index in [1.54, 1.807) is 28.4 Å². The Morgan fingerprint density at radius 1 is 0.273 bits per heavy atom. The minimum absolute atomic E-state index is 0.847. The summed E-state index contributed by atoms with van der Waals surface area (Å²) in [5.74, 6) is 3.39. The second-order valence-corrected chi connectivity index (χ2v) is 22.2. The van der Waals surface area contributed by atoms with Crippen molar-refractivity contribution in [2.24, 2.45) is 0 Å². The molecule has 12 rings (SSSR count). The van der Waals surface area contributed by atoms with Crippen molar-refractivity contribution in [3.8, 4) is 98.1 Å². The van der Waals surface area contributed by atoms with Crippen LogP contribution in [0.25, 0.3) is 113 Å². The Morgan fingerprint density at radius 3 is 0.773 bits per heavy atom. The van der Waals surface area contributed by atoms with Crippen molar-refractivity contribution in [2.45, 2.75) is 0 Å². The van der Waals surface area contributed by atoms with Crippen molar-refractivity contribution < 1.29 is 18.9 Å². The molecule has 0 N–H and O–H groups in total. The van der Waals surface area contributed by atoms with Gasteiger partial charge in [-0.25, -0.2) is 0 Å². The first kappa shape index (κ1) is 41.2. The Bertz CT molecular complexity index is 3350. The van der Waals surface area contributed by atoms with E-state index in [9.17, 15) is 0 Å². The van der Waals surface area contributed by atoms with Crippen molar-refractivity contribution in [1.82, 2.24) is 0 Å². The van der Waals surface area contributed by atoms with E-state index in [1.165, 1.54) is 90.5 Å². The lowest BCUT2D eigenvalue weighted by atomic mass is 9.91. The van der Waals surface area contributed by atoms with E-state index < -0.39 is 0 Å². The third-order valence-electron chi connectivity index (χ3n) is 12.1. The summed E-state index contributed by atoms with van der Waals surface area (Å²) in [6, 6.07) is 56.6. The molecule has 0 aliphatic carbocycles. The summed E-state index contributed by atoms with van der Waals surface area (Å²) in [5.41, 5.74) is 11.9. The third-order valence-corrected chi connectivity index (χ3v) is 19.9. The lowest BCUT2D eigenvalue weighted by Crippen LogP contribution is -1.90. The zero-order valence-corrected chi connectivity index (χ0v) is 41.0. The first-order valence-corrected chi connectivity index (χ1v) is 26.1. The Balaban J connectivity index is 0.936. The highest BCUT2D eigenvalue weighted by atomic mass is 32.1. The van der Waals surface area contributed by atoms with Crippen LogP contribution in [0.1, 0.15) is 0 Å². The van der Waals surface area contributed by atoms with E-state index in [2.05, 4.69) is 109 Å². The fraction of sp³-hybridized carbons (Fsp3) is 0.0714. The summed E-state index contributed by atoms with van der Waals surface area (Å²) in [5, 5.41) is 0. The minimum Gasteiger partial charge on any atom is -0.497 e. The molecule has 10 heteroatoms. The zero-order chi connectivity index (χ0) is 44.5. The predicted molar refractivity (Wildman–Crippen MR) is 288 cm³/mol. The summed E-state index contributed by atoms with van der Waals surface area (Å²) < 4.78 is 32.9. The van der Waals surface area contributed by atoms with Gasteiger partial charge in [-0.3, -0.25) is 0 Å². The van der Waals surface area contributed by atoms with Crippen LogP contribution < -0.4 is 18.9 Å². The highest BCUT2D eigenvalue weighted by molar-refractivity contribution is 7.42. The van der Waals surface area contributed by atoms with Gasteiger partial charge in [0.2, 0.25) is 0 Å². The summed E-state index contributed by atoms with van der Waals surface area (Å²) in [7, 11) is 6.85. The Kier molecular flexibility index (Phi) is 10.5. The van der Waals surface area contributed by atoms with Gasteiger partial charge in [0.25, 0.3) is 0 Å². The first-order valence-electron chi connectivity index (χ1n) is 21.2. The Labute approximate surface area is 405 Å². The van der Waals surface area contributed by atoms with Crippen LogP contribution in [0.5, 0.6) is 23.0 Å². The molecule has 0 saturated carbocycles. The van der Waals surface area contributed by atoms with E-state index in [0.717, 1.165) is 45.3 Å². The largest absolute Gasteiger partial charge is 0.497 e. The number of hydrogen-bond donors (Lipinski definition) is 0. The van der Waals surface area contributed by atoms with Crippen LogP contribution in [0.3, 0.4) is 0 Å². The predicted octanol–water partition coefficient (Wildman–Crippen LogP) is 18.4. The number of methoxy groups -OCH3 is 4. The summed E-state index contributed by atoms with van der Waals surface area (Å²) in [4.78, 5) is 5.19. The van der Waals surface area contributed by atoms with Crippen molar-refractivity contribution in [1.29, 1.82) is 0 Å². The lowest BCUT2D eigenvalue weighted by Gasteiger charge is -2.15. The van der Waals surface area contributed by atoms with Gasteiger partial charge in [-0.2, -0.15) is 0 Å². The molecule has 6 aromatic heterocycles. The van der Waals surface area contributed by atoms with E-state index in [1.807, 2.05) is 117 Å². The molecule has 4 nitrogen and oxygen atoms in total. The maximum Gasteiger partial charge on any atom is 0.118 e. The zero-order valence-electron chi connectivity index (χ0n) is 36.1. The molecule has 66 heavy (non-hydrogen) atoms. The number of hydrogen-bond acceptors (Lipinski definition) is 10. The van der Waals surface area contributed by atoms with Gasteiger partial charge in [0.1, 0.15) is 23.0 Å². The van der Waals surface area contributed by atoms with Crippen LogP contribution in [0.4, 0.5) is 0 Å². The molecule has 6 heterocycles. The fourth-order valence-corrected chi connectivity index (χ4v) is 17.1. The van der Waals surface area contributed by atoms with E-state index in [0.29, 0.717) is 0 Å². The summed E-state index contributed by atoms with van der Waals surface area (Å²) in [6.07, 6.45) is 0. The van der Waals surface area contributed by atoms with E-state index >= 15 is 0 Å². The highest BCUT2D eigenvalue weighted by Gasteiger charge is 2.23. The molecule has 0 radical (unpaired) electrons. The molecule has 0 atom stereocenters. The van der Waals surface area contributed by atoms with Gasteiger partial charge < -0.3 is 18.9 Å². The van der Waals surface area contributed by atoms with Crippen LogP contribution in [-0.4, -0.2) is 28.4 Å². The molecule has 0 aliphatic heterocycles. The maximum atomic E-state index is 5.52. The summed E-state index contributed by atoms with van der Waals surface area (Å²) in [6.45, 7) is 0. The molecule has 0 saturated heterocycles. The van der Waals surface area contributed by atoms with Crippen molar-refractivity contribution in [2.75, 3.05) is 28.4 Å². The maximum absolute atomic E-state index is 5.52. The normalized spacial score (nSPS) is 11.6. The average molecular weight is 967 g/mol. The molecule has 6 aromatic carbocycles. The Morgan fingerprint density at radius 2 is 0.515 bits per heavy atom. The smallest absolute Gasteiger partial charge is 0.118 e. The molecule has 12 aromatic rings. The van der Waals surface area contributed by atoms with Crippen molar-refractivity contribution in [3.05, 3.63) is 158 Å². The van der Waals surface area contributed by atoms with Gasteiger partial charge in [0.15, 0.2) is 0 Å². The fourth-order valence-electron chi connectivity index (χ4n) is 8.84. The van der Waals surface area contributed by atoms with E-state index in [-0.39, 0.29) is 0 Å². The molecule has 322 valence electrons. The number of benzene rings is 6. The van der Waals surface area contributed by atoms with Crippen LogP contribution in [0, 0.1) is 0 Å². The lowest BCUT2D eigenvalue weighted by molar-refractivity contribution is 0.415. The quantitative estimate of drug-likeness (QED) is 0.129. The standard InChI is InChI=1S/C56H38O4S6/c1-57-35-19-11-31(12-20-35)39-7-5-8-40(32-13-21-36(58-2)22-14-32)51(39)45-29-49-55(65-45)53-47(61-49)27-43(63-53)44-28-48-54(64-44)56-50(62-48)30-46(66-56)52-41(33-15-23-37(59-3)24-16-33)9-6-10-42(52)34-17-25-38(60-4)26-18-34/h5-30H,1-4H3. The number of rotatable bonds is 11. The van der Waals surface area contributed by atoms with Gasteiger partial charge in [0.05, 0.1) is 47.2 Å². The number of ether oxygens (including phenoxy) is 4. The van der Waals surface area contributed by atoms with E-state index in [4.69, 9.17) is 18.9 Å². The van der Waals surface area contributed by atoms with Gasteiger partial charge in [-0.1, -0.05) is 84.9 Å². The average Bonchev–Trinajstić information content (AvgIpc) is 4.24. The minimum atomic E-state index is 0.847. The van der Waals surface area contributed by atoms with Gasteiger partial charge in [-0.05, 0) is 117 Å². The highest BCUT2D eigenvalue weighted by Crippen LogP contribution is 2.55. The molecule has 0 fully saturated rings. The van der Waals surface area contributed by atoms with Crippen molar-refractivity contribution in [3.63, 3.8) is 0 Å². The second kappa shape index (κ2) is 16.9. The molecule has 0 spiro atoms. The molecule has 0 aliphatic rings. The van der Waals surface area contributed by atoms with Crippen molar-refractivity contribution >= 4 is 106 Å². The van der Waals surface area contributed by atoms with Gasteiger partial charge in [-0.15, -0.1) is 68.0 Å². The SMILES string of the molecule is COc1ccc(-c2cccc(-c3ccc(OC)cc3)c2-c2cc3sc4cc(-c5cc6sc7cc(-c8c(-c9ccc(OC)cc9)cccc8-c8ccc(OC)cc8)sc7c6s5)sc4c3s2)cc1. The van der Waals surface area contributed by atoms with Crippen LogP contribution in [0.15, 0.2) is 158 Å². The Hall–Kier alpha value is -6.24. The monoisotopic (exact) mass is 966 g/mol. The first-order chi connectivity index (χ1) is 32.5. The van der Waals surface area contributed by atoms with Gasteiger partial charge in [0, 0.05) is 49.4 Å². The molecular formula is C56H38O4S6. The van der Waals surface area contributed by atoms with Gasteiger partial charge >= 0.3 is 0 Å². The number of fused-ring (bicyclic) bond motifs is 6. The number of thiophene rings is 6. The summed E-state index contributed by atoms with van der Waals surface area (Å²) >= 11 is 11.5. The van der Waals surface area contributed by atoms with Crippen LogP contribution in [0.2, 0.25) is 0 Å². The molecule has 0 unspecified atom stereocenters. The molecule has 0 bridgehead atoms. The molecular weight excluding hydrogens is 929 g/mol. The van der Waals surface area contributed by atoms with Crippen LogP contribution >= 0.6 is 68.0 Å². The topological polar surface area (TPSA) is 36.9 Å². The molecule has 0 amide bonds. The third kappa shape index (κ3) is 7.11.